The first kappa shape index (κ1) is 16.6. The molecule has 24 heavy (non-hydrogen) atoms. The van der Waals surface area contributed by atoms with Crippen molar-refractivity contribution >= 4 is 23.2 Å². The fourth-order valence-electron chi connectivity index (χ4n) is 3.02. The Bertz CT molecular complexity index is 692. The summed E-state index contributed by atoms with van der Waals surface area (Å²) in [6.45, 7) is -0.0201. The highest BCUT2D eigenvalue weighted by molar-refractivity contribution is 7.13. The van der Waals surface area contributed by atoms with Crippen molar-refractivity contribution in [2.75, 3.05) is 6.54 Å². The van der Waals surface area contributed by atoms with Crippen LogP contribution in [-0.4, -0.2) is 39.4 Å². The summed E-state index contributed by atoms with van der Waals surface area (Å²) in [5, 5.41) is 5.88. The van der Waals surface area contributed by atoms with Crippen molar-refractivity contribution < 1.29 is 14.1 Å². The van der Waals surface area contributed by atoms with E-state index < -0.39 is 5.91 Å². The van der Waals surface area contributed by atoms with Crippen LogP contribution in [0.15, 0.2) is 22.0 Å². The van der Waals surface area contributed by atoms with Gasteiger partial charge in [0.25, 0.3) is 0 Å². The van der Waals surface area contributed by atoms with Crippen LogP contribution in [0.4, 0.5) is 0 Å². The quantitative estimate of drug-likeness (QED) is 0.824. The first-order chi connectivity index (χ1) is 11.6. The summed E-state index contributed by atoms with van der Waals surface area (Å²) in [5.41, 5.74) is 5.29. The van der Waals surface area contributed by atoms with E-state index in [9.17, 15) is 9.59 Å². The van der Waals surface area contributed by atoms with Crippen LogP contribution >= 0.6 is 11.3 Å². The van der Waals surface area contributed by atoms with Crippen LogP contribution in [0, 0.1) is 0 Å². The number of nitrogens with two attached hydrogens (primary N) is 1. The topological polar surface area (TPSA) is 102 Å². The smallest absolute Gasteiger partial charge is 0.237 e. The number of hydrogen-bond acceptors (Lipinski definition) is 6. The Kier molecular flexibility index (Phi) is 5.24. The van der Waals surface area contributed by atoms with Crippen LogP contribution in [0.3, 0.4) is 0 Å². The third-order valence-corrected chi connectivity index (χ3v) is 5.04. The van der Waals surface area contributed by atoms with E-state index in [-0.39, 0.29) is 24.9 Å². The van der Waals surface area contributed by atoms with Crippen molar-refractivity contribution in [1.29, 1.82) is 0 Å². The lowest BCUT2D eigenvalue weighted by molar-refractivity contribution is -0.137. The molecule has 1 fully saturated rings. The molecule has 0 aliphatic heterocycles. The maximum atomic E-state index is 12.5. The number of carbonyl (C=O) groups excluding carboxylic acids is 2. The molecule has 1 aliphatic rings. The van der Waals surface area contributed by atoms with Crippen LogP contribution in [0.25, 0.3) is 10.7 Å². The zero-order chi connectivity index (χ0) is 16.9. The van der Waals surface area contributed by atoms with Crippen LogP contribution in [0.5, 0.6) is 0 Å². The molecule has 0 radical (unpaired) electrons. The molecule has 2 amide bonds. The average molecular weight is 348 g/mol. The minimum absolute atomic E-state index is 0.0201. The molecule has 2 aromatic heterocycles. The Hall–Kier alpha value is -2.22. The first-order valence-electron chi connectivity index (χ1n) is 8.07. The minimum atomic E-state index is -0.479. The van der Waals surface area contributed by atoms with Gasteiger partial charge in [-0.2, -0.15) is 4.98 Å². The summed E-state index contributed by atoms with van der Waals surface area (Å²) in [7, 11) is 0. The molecule has 0 atom stereocenters. The fourth-order valence-corrected chi connectivity index (χ4v) is 3.67. The number of amides is 2. The lowest BCUT2D eigenvalue weighted by Crippen LogP contribution is -2.44. The predicted octanol–water partition coefficient (Wildman–Crippen LogP) is 1.99. The molecule has 0 aromatic carbocycles. The highest BCUT2D eigenvalue weighted by Crippen LogP contribution is 2.25. The van der Waals surface area contributed by atoms with E-state index in [1.807, 2.05) is 17.5 Å². The monoisotopic (exact) mass is 348 g/mol. The van der Waals surface area contributed by atoms with E-state index in [1.165, 1.54) is 11.3 Å². The Morgan fingerprint density at radius 2 is 2.17 bits per heavy atom. The molecule has 2 aromatic rings. The van der Waals surface area contributed by atoms with Crippen LogP contribution in [0.1, 0.15) is 38.0 Å². The van der Waals surface area contributed by atoms with E-state index in [1.54, 1.807) is 4.90 Å². The summed E-state index contributed by atoms with van der Waals surface area (Å²) in [6.07, 6.45) is 4.63. The number of aromatic nitrogens is 2. The molecular weight excluding hydrogens is 328 g/mol. The largest absolute Gasteiger partial charge is 0.368 e. The predicted molar refractivity (Wildman–Crippen MR) is 89.1 cm³/mol. The third-order valence-electron chi connectivity index (χ3n) is 4.17. The molecule has 0 saturated heterocycles. The van der Waals surface area contributed by atoms with E-state index >= 15 is 0 Å². The van der Waals surface area contributed by atoms with Gasteiger partial charge in [-0.3, -0.25) is 9.59 Å². The third kappa shape index (κ3) is 4.00. The summed E-state index contributed by atoms with van der Waals surface area (Å²) >= 11 is 1.53. The van der Waals surface area contributed by atoms with Gasteiger partial charge in [-0.05, 0) is 24.3 Å². The SMILES string of the molecule is NC(=O)CN(C(=O)CCc1nc(-c2cccs2)no1)C1CCCC1. The number of hydrogen-bond donors (Lipinski definition) is 1. The van der Waals surface area contributed by atoms with Gasteiger partial charge >= 0.3 is 0 Å². The van der Waals surface area contributed by atoms with Gasteiger partial charge in [0, 0.05) is 18.9 Å². The van der Waals surface area contributed by atoms with Gasteiger partial charge < -0.3 is 15.2 Å². The van der Waals surface area contributed by atoms with Gasteiger partial charge in [-0.25, -0.2) is 0 Å². The zero-order valence-electron chi connectivity index (χ0n) is 13.3. The van der Waals surface area contributed by atoms with Gasteiger partial charge in [-0.15, -0.1) is 11.3 Å². The minimum Gasteiger partial charge on any atom is -0.368 e. The highest BCUT2D eigenvalue weighted by Gasteiger charge is 2.27. The number of thiophene rings is 1. The van der Waals surface area contributed by atoms with Gasteiger partial charge in [-0.1, -0.05) is 24.1 Å². The van der Waals surface area contributed by atoms with E-state index in [2.05, 4.69) is 10.1 Å². The number of nitrogens with zero attached hydrogens (tertiary/aromatic N) is 3. The number of primary amides is 1. The molecule has 0 bridgehead atoms. The molecule has 0 spiro atoms. The molecule has 2 N–H and O–H groups in total. The summed E-state index contributed by atoms with van der Waals surface area (Å²) < 4.78 is 5.21. The molecule has 2 heterocycles. The van der Waals surface area contributed by atoms with Gasteiger partial charge in [0.05, 0.1) is 11.4 Å². The Labute approximate surface area is 143 Å². The molecule has 1 saturated carbocycles. The molecular formula is C16H20N4O3S. The van der Waals surface area contributed by atoms with E-state index in [0.29, 0.717) is 18.1 Å². The normalized spacial score (nSPS) is 14.8. The Morgan fingerprint density at radius 1 is 1.38 bits per heavy atom. The number of aryl methyl sites for hydroxylation is 1. The first-order valence-corrected chi connectivity index (χ1v) is 8.95. The van der Waals surface area contributed by atoms with Crippen LogP contribution in [-0.2, 0) is 16.0 Å². The van der Waals surface area contributed by atoms with Gasteiger partial charge in [0.15, 0.2) is 0 Å². The lowest BCUT2D eigenvalue weighted by atomic mass is 10.1. The molecule has 128 valence electrons. The number of rotatable bonds is 7. The molecule has 1 aliphatic carbocycles. The second-order valence-electron chi connectivity index (χ2n) is 5.92. The average Bonchev–Trinajstić information content (AvgIpc) is 3.32. The highest BCUT2D eigenvalue weighted by atomic mass is 32.1. The summed E-state index contributed by atoms with van der Waals surface area (Å²) in [4.78, 5) is 30.6. The molecule has 8 heteroatoms. The molecule has 7 nitrogen and oxygen atoms in total. The van der Waals surface area contributed by atoms with Crippen molar-refractivity contribution in [2.24, 2.45) is 5.73 Å². The van der Waals surface area contributed by atoms with E-state index in [0.717, 1.165) is 30.6 Å². The van der Waals surface area contributed by atoms with Crippen molar-refractivity contribution in [3.05, 3.63) is 23.4 Å². The van der Waals surface area contributed by atoms with Gasteiger partial charge in [0.2, 0.25) is 23.5 Å². The van der Waals surface area contributed by atoms with E-state index in [4.69, 9.17) is 10.3 Å². The lowest BCUT2D eigenvalue weighted by Gasteiger charge is -2.27. The Balaban J connectivity index is 1.59. The van der Waals surface area contributed by atoms with Crippen LogP contribution < -0.4 is 5.73 Å². The summed E-state index contributed by atoms with van der Waals surface area (Å²) in [5.74, 6) is 0.402. The molecule has 0 unspecified atom stereocenters. The standard InChI is InChI=1S/C16H20N4O3S/c17-13(21)10-20(11-4-1-2-5-11)15(22)8-7-14-18-16(19-23-14)12-6-3-9-24-12/h3,6,9,11H,1-2,4-5,7-8,10H2,(H2,17,21). The van der Waals surface area contributed by atoms with Gasteiger partial charge in [0.1, 0.15) is 0 Å². The zero-order valence-corrected chi connectivity index (χ0v) is 14.1. The van der Waals surface area contributed by atoms with Crippen molar-refractivity contribution in [1.82, 2.24) is 15.0 Å². The number of carbonyl (C=O) groups is 2. The second-order valence-corrected chi connectivity index (χ2v) is 6.86. The summed E-state index contributed by atoms with van der Waals surface area (Å²) in [6, 6.07) is 3.96. The van der Waals surface area contributed by atoms with Crippen LogP contribution in [0.2, 0.25) is 0 Å². The van der Waals surface area contributed by atoms with Crippen molar-refractivity contribution in [3.63, 3.8) is 0 Å². The maximum Gasteiger partial charge on any atom is 0.237 e. The maximum absolute atomic E-state index is 12.5. The van der Waals surface area contributed by atoms with Crippen molar-refractivity contribution in [3.8, 4) is 10.7 Å². The van der Waals surface area contributed by atoms with Crippen molar-refractivity contribution in [2.45, 2.75) is 44.6 Å². The molecule has 3 rings (SSSR count). The second kappa shape index (κ2) is 7.57. The Morgan fingerprint density at radius 3 is 2.83 bits per heavy atom. The fraction of sp³-hybridized carbons (Fsp3) is 0.500.